The summed E-state index contributed by atoms with van der Waals surface area (Å²) < 4.78 is 16.8. The second-order valence-corrected chi connectivity index (χ2v) is 17.1. The maximum atomic E-state index is 12.8. The van der Waals surface area contributed by atoms with E-state index in [-0.39, 0.29) is 31.1 Å². The minimum atomic E-state index is -0.782. The van der Waals surface area contributed by atoms with E-state index >= 15 is 0 Å². The lowest BCUT2D eigenvalue weighted by Gasteiger charge is -2.18. The highest BCUT2D eigenvalue weighted by Crippen LogP contribution is 2.15. The van der Waals surface area contributed by atoms with Gasteiger partial charge in [0.2, 0.25) is 0 Å². The summed E-state index contributed by atoms with van der Waals surface area (Å²) in [5.41, 5.74) is 0. The van der Waals surface area contributed by atoms with Crippen molar-refractivity contribution < 1.29 is 28.6 Å². The van der Waals surface area contributed by atoms with Crippen molar-refractivity contribution in [1.82, 2.24) is 0 Å². The molecule has 0 fully saturated rings. The van der Waals surface area contributed by atoms with Crippen LogP contribution < -0.4 is 0 Å². The molecule has 0 N–H and O–H groups in total. The van der Waals surface area contributed by atoms with Crippen LogP contribution >= 0.6 is 0 Å². The molecule has 348 valence electrons. The fourth-order valence-corrected chi connectivity index (χ4v) is 7.14. The third-order valence-corrected chi connectivity index (χ3v) is 11.1. The molecule has 60 heavy (non-hydrogen) atoms. The molecule has 0 aromatic carbocycles. The van der Waals surface area contributed by atoms with Crippen LogP contribution in [0.4, 0.5) is 0 Å². The van der Waals surface area contributed by atoms with Crippen LogP contribution in [0.1, 0.15) is 258 Å². The molecule has 0 unspecified atom stereocenters. The first-order chi connectivity index (χ1) is 29.5. The van der Waals surface area contributed by atoms with Crippen LogP contribution in [0.2, 0.25) is 0 Å². The third kappa shape index (κ3) is 46.4. The fourth-order valence-electron chi connectivity index (χ4n) is 7.14. The summed E-state index contributed by atoms with van der Waals surface area (Å²) in [6.45, 7) is 6.56. The Morgan fingerprint density at radius 1 is 0.333 bits per heavy atom. The predicted octanol–water partition coefficient (Wildman–Crippen LogP) is 16.7. The number of carbonyl (C=O) groups excluding carboxylic acids is 3. The number of unbranched alkanes of at least 4 members (excludes halogenated alkanes) is 27. The Hall–Kier alpha value is -2.63. The van der Waals surface area contributed by atoms with Gasteiger partial charge in [-0.05, 0) is 77.0 Å². The lowest BCUT2D eigenvalue weighted by atomic mass is 10.0. The monoisotopic (exact) mass is 841 g/mol. The number of hydrogen-bond donors (Lipinski definition) is 0. The first-order valence-corrected chi connectivity index (χ1v) is 25.6. The molecule has 6 nitrogen and oxygen atoms in total. The maximum Gasteiger partial charge on any atom is 0.306 e. The molecule has 0 heterocycles. The summed E-state index contributed by atoms with van der Waals surface area (Å²) in [7, 11) is 0. The van der Waals surface area contributed by atoms with Crippen LogP contribution in [0.25, 0.3) is 0 Å². The van der Waals surface area contributed by atoms with Gasteiger partial charge in [-0.1, -0.05) is 211 Å². The molecule has 0 rings (SSSR count). The largest absolute Gasteiger partial charge is 0.462 e. The molecular weight excluding hydrogens is 745 g/mol. The second-order valence-electron chi connectivity index (χ2n) is 17.1. The highest BCUT2D eigenvalue weighted by atomic mass is 16.6. The normalized spacial score (nSPS) is 12.4. The lowest BCUT2D eigenvalue weighted by molar-refractivity contribution is -0.167. The van der Waals surface area contributed by atoms with Crippen molar-refractivity contribution in [3.05, 3.63) is 48.6 Å². The van der Waals surface area contributed by atoms with Crippen LogP contribution in [-0.2, 0) is 28.6 Å². The van der Waals surface area contributed by atoms with E-state index in [1.807, 2.05) is 0 Å². The van der Waals surface area contributed by atoms with Gasteiger partial charge in [-0.3, -0.25) is 14.4 Å². The van der Waals surface area contributed by atoms with E-state index in [9.17, 15) is 14.4 Å². The molecule has 0 aliphatic heterocycles. The van der Waals surface area contributed by atoms with E-state index in [1.54, 1.807) is 0 Å². The van der Waals surface area contributed by atoms with E-state index in [1.165, 1.54) is 116 Å². The quantitative estimate of drug-likeness (QED) is 0.0263. The Labute approximate surface area is 371 Å². The van der Waals surface area contributed by atoms with Crippen molar-refractivity contribution >= 4 is 17.9 Å². The van der Waals surface area contributed by atoms with Gasteiger partial charge in [-0.2, -0.15) is 0 Å². The number of rotatable bonds is 46. The Balaban J connectivity index is 4.41. The summed E-state index contributed by atoms with van der Waals surface area (Å²) in [5, 5.41) is 0. The van der Waals surface area contributed by atoms with E-state index in [4.69, 9.17) is 14.2 Å². The van der Waals surface area contributed by atoms with E-state index in [2.05, 4.69) is 69.4 Å². The summed E-state index contributed by atoms with van der Waals surface area (Å²) >= 11 is 0. The number of allylic oxidation sites excluding steroid dienone is 8. The summed E-state index contributed by atoms with van der Waals surface area (Å²) in [6, 6.07) is 0. The zero-order chi connectivity index (χ0) is 43.7. The highest BCUT2D eigenvalue weighted by Gasteiger charge is 2.19. The van der Waals surface area contributed by atoms with Gasteiger partial charge in [0, 0.05) is 19.3 Å². The van der Waals surface area contributed by atoms with Gasteiger partial charge in [0.15, 0.2) is 6.10 Å². The van der Waals surface area contributed by atoms with Crippen molar-refractivity contribution in [1.29, 1.82) is 0 Å². The van der Waals surface area contributed by atoms with Crippen LogP contribution in [0.15, 0.2) is 48.6 Å². The van der Waals surface area contributed by atoms with Gasteiger partial charge in [-0.25, -0.2) is 0 Å². The topological polar surface area (TPSA) is 78.9 Å². The van der Waals surface area contributed by atoms with Crippen molar-refractivity contribution in [2.24, 2.45) is 0 Å². The third-order valence-electron chi connectivity index (χ3n) is 11.1. The Kier molecular flexibility index (Phi) is 46.9. The minimum absolute atomic E-state index is 0.0813. The van der Waals surface area contributed by atoms with Crippen molar-refractivity contribution in [3.63, 3.8) is 0 Å². The molecule has 0 saturated heterocycles. The van der Waals surface area contributed by atoms with E-state index < -0.39 is 6.10 Å². The van der Waals surface area contributed by atoms with Crippen LogP contribution in [0, 0.1) is 0 Å². The highest BCUT2D eigenvalue weighted by molar-refractivity contribution is 5.71. The molecule has 1 atom stereocenters. The molecule has 6 heteroatoms. The first-order valence-electron chi connectivity index (χ1n) is 25.6. The lowest BCUT2D eigenvalue weighted by Crippen LogP contribution is -2.30. The first kappa shape index (κ1) is 57.4. The summed E-state index contributed by atoms with van der Waals surface area (Å²) in [4.78, 5) is 37.9. The number of ether oxygens (including phenoxy) is 3. The van der Waals surface area contributed by atoms with Gasteiger partial charge < -0.3 is 14.2 Å². The second kappa shape index (κ2) is 49.0. The summed E-state index contributed by atoms with van der Waals surface area (Å²) in [6.07, 6.45) is 58.0. The summed E-state index contributed by atoms with van der Waals surface area (Å²) in [5.74, 6) is -0.903. The predicted molar refractivity (Wildman–Crippen MR) is 256 cm³/mol. The maximum absolute atomic E-state index is 12.8. The number of carbonyl (C=O) groups is 3. The molecule has 0 aromatic rings. The van der Waals surface area contributed by atoms with Crippen LogP contribution in [-0.4, -0.2) is 37.2 Å². The molecule has 0 aliphatic carbocycles. The molecule has 0 radical (unpaired) electrons. The Morgan fingerprint density at radius 3 is 1.00 bits per heavy atom. The molecule has 0 amide bonds. The fraction of sp³-hybridized carbons (Fsp3) is 0.796. The molecular formula is C54H96O6. The molecule has 0 aliphatic rings. The zero-order valence-corrected chi connectivity index (χ0v) is 39.7. The number of esters is 3. The number of hydrogen-bond acceptors (Lipinski definition) is 6. The van der Waals surface area contributed by atoms with E-state index in [0.717, 1.165) is 103 Å². The molecule has 0 bridgehead atoms. The smallest absolute Gasteiger partial charge is 0.306 e. The van der Waals surface area contributed by atoms with Crippen LogP contribution in [0.5, 0.6) is 0 Å². The standard InChI is InChI=1S/C54H96O6/c1-4-7-10-13-16-19-22-25-27-30-32-35-38-41-44-47-53(56)59-50-51(49-58-52(55)46-43-40-37-34-31-28-24-21-18-15-12-9-6-3)60-54(57)48-45-42-39-36-33-29-26-23-20-17-14-11-8-5-2/h14,16-17,19,23,25-27,51H,4-13,15,18,20-22,24,28-50H2,1-3H3/b17-14+,19-16+,26-23+,27-25+/t51-/m1/s1. The van der Waals surface area contributed by atoms with Gasteiger partial charge in [0.05, 0.1) is 0 Å². The van der Waals surface area contributed by atoms with Crippen molar-refractivity contribution in [2.45, 2.75) is 264 Å². The van der Waals surface area contributed by atoms with Gasteiger partial charge >= 0.3 is 17.9 Å². The van der Waals surface area contributed by atoms with Gasteiger partial charge in [-0.15, -0.1) is 0 Å². The molecule has 0 saturated carbocycles. The zero-order valence-electron chi connectivity index (χ0n) is 39.7. The average Bonchev–Trinajstić information content (AvgIpc) is 3.24. The molecule has 0 aromatic heterocycles. The van der Waals surface area contributed by atoms with Gasteiger partial charge in [0.25, 0.3) is 0 Å². The van der Waals surface area contributed by atoms with Crippen molar-refractivity contribution in [3.8, 4) is 0 Å². The van der Waals surface area contributed by atoms with Gasteiger partial charge in [0.1, 0.15) is 13.2 Å². The SMILES string of the molecule is CCCC/C=C/C/C=C/CCCCCCCC(=O)O[C@@H](COC(=O)CCCCCCC/C=C/C/C=C/CCCCC)COC(=O)CCCCCCCCCCCCCCC. The molecule has 0 spiro atoms. The van der Waals surface area contributed by atoms with Crippen molar-refractivity contribution in [2.75, 3.05) is 13.2 Å². The van der Waals surface area contributed by atoms with E-state index in [0.29, 0.717) is 19.3 Å². The Bertz CT molecular complexity index is 1060. The van der Waals surface area contributed by atoms with Crippen LogP contribution in [0.3, 0.4) is 0 Å². The average molecular weight is 841 g/mol. The minimum Gasteiger partial charge on any atom is -0.462 e. The Morgan fingerprint density at radius 2 is 0.617 bits per heavy atom.